The molecule has 0 fully saturated rings. The van der Waals surface area contributed by atoms with Crippen LogP contribution in [0.25, 0.3) is 0 Å². The normalized spacial score (nSPS) is 9.58. The van der Waals surface area contributed by atoms with Crippen LogP contribution in [0.1, 0.15) is 18.1 Å². The zero-order chi connectivity index (χ0) is 14.4. The maximum atomic E-state index is 9.12. The van der Waals surface area contributed by atoms with Crippen molar-refractivity contribution in [1.29, 1.82) is 0 Å². The van der Waals surface area contributed by atoms with E-state index in [0.717, 1.165) is 12.0 Å². The fraction of sp³-hybridized carbons (Fsp3) is 0.200. The summed E-state index contributed by atoms with van der Waals surface area (Å²) in [6, 6.07) is 8.94. The zero-order valence-electron chi connectivity index (χ0n) is 11.0. The second kappa shape index (κ2) is 6.54. The van der Waals surface area contributed by atoms with Gasteiger partial charge in [0.15, 0.2) is 0 Å². The third-order valence-corrected chi connectivity index (χ3v) is 2.62. The van der Waals surface area contributed by atoms with Gasteiger partial charge in [0.05, 0.1) is 0 Å². The van der Waals surface area contributed by atoms with Crippen LogP contribution in [-0.2, 0) is 6.42 Å². The molecule has 0 aliphatic carbocycles. The van der Waals surface area contributed by atoms with Gasteiger partial charge in [-0.1, -0.05) is 6.92 Å². The molecule has 0 aliphatic heterocycles. The number of aromatic hydroxyl groups is 4. The van der Waals surface area contributed by atoms with Crippen molar-refractivity contribution in [1.82, 2.24) is 0 Å². The molecule has 0 radical (unpaired) electrons. The number of rotatable bonds is 1. The fourth-order valence-electron chi connectivity index (χ4n) is 1.49. The van der Waals surface area contributed by atoms with E-state index in [-0.39, 0.29) is 23.0 Å². The highest BCUT2D eigenvalue weighted by molar-refractivity contribution is 5.38. The van der Waals surface area contributed by atoms with Gasteiger partial charge >= 0.3 is 0 Å². The monoisotopic (exact) mass is 262 g/mol. The van der Waals surface area contributed by atoms with Crippen molar-refractivity contribution in [2.45, 2.75) is 20.3 Å². The van der Waals surface area contributed by atoms with E-state index >= 15 is 0 Å². The molecule has 102 valence electrons. The Kier molecular flexibility index (Phi) is 5.06. The van der Waals surface area contributed by atoms with Gasteiger partial charge in [-0.3, -0.25) is 0 Å². The minimum Gasteiger partial charge on any atom is -0.508 e. The number of phenolic OH excluding ortho intramolecular Hbond substituents is 4. The molecule has 4 nitrogen and oxygen atoms in total. The lowest BCUT2D eigenvalue weighted by Crippen LogP contribution is -1.79. The van der Waals surface area contributed by atoms with E-state index in [9.17, 15) is 0 Å². The Hall–Kier alpha value is -2.36. The van der Waals surface area contributed by atoms with Crippen molar-refractivity contribution in [3.8, 4) is 23.0 Å². The summed E-state index contributed by atoms with van der Waals surface area (Å²) in [5.74, 6) is 0.855. The zero-order valence-corrected chi connectivity index (χ0v) is 11.0. The molecular formula is C15H18O4. The summed E-state index contributed by atoms with van der Waals surface area (Å²) >= 11 is 0. The maximum Gasteiger partial charge on any atom is 0.119 e. The standard InChI is InChI=1S/C8H10O2.C7H8O2/c1-2-6-5-7(9)3-4-8(6)10;1-5-4-6(8)2-3-7(5)9/h3-5,9-10H,2H2,1H3;2-4,8-9H,1H3. The second-order valence-corrected chi connectivity index (χ2v) is 4.14. The van der Waals surface area contributed by atoms with Gasteiger partial charge in [-0.05, 0) is 60.9 Å². The SMILES string of the molecule is CCc1cc(O)ccc1O.Cc1cc(O)ccc1O. The summed E-state index contributed by atoms with van der Waals surface area (Å²) in [5.41, 5.74) is 1.47. The average Bonchev–Trinajstić information content (AvgIpc) is 2.38. The first-order valence-electron chi connectivity index (χ1n) is 5.93. The first-order chi connectivity index (χ1) is 8.93. The number of benzene rings is 2. The van der Waals surface area contributed by atoms with Gasteiger partial charge in [0.2, 0.25) is 0 Å². The van der Waals surface area contributed by atoms with Gasteiger partial charge in [0.1, 0.15) is 23.0 Å². The number of hydrogen-bond donors (Lipinski definition) is 4. The number of hydrogen-bond acceptors (Lipinski definition) is 4. The summed E-state index contributed by atoms with van der Waals surface area (Å²) in [5, 5.41) is 35.8. The molecule has 0 spiro atoms. The summed E-state index contributed by atoms with van der Waals surface area (Å²) in [6.45, 7) is 3.66. The lowest BCUT2D eigenvalue weighted by Gasteiger charge is -2.00. The molecule has 0 aromatic heterocycles. The molecule has 0 saturated heterocycles. The summed E-state index contributed by atoms with van der Waals surface area (Å²) in [4.78, 5) is 0. The van der Waals surface area contributed by atoms with E-state index in [4.69, 9.17) is 20.4 Å². The molecule has 0 bridgehead atoms. The van der Waals surface area contributed by atoms with Gasteiger partial charge in [-0.2, -0.15) is 0 Å². The Labute approximate surface area is 112 Å². The fourth-order valence-corrected chi connectivity index (χ4v) is 1.49. The third-order valence-electron chi connectivity index (χ3n) is 2.62. The predicted octanol–water partition coefficient (Wildman–Crippen LogP) is 3.07. The highest BCUT2D eigenvalue weighted by Crippen LogP contribution is 2.22. The lowest BCUT2D eigenvalue weighted by atomic mass is 10.1. The number of aryl methyl sites for hydroxylation is 2. The summed E-state index contributed by atoms with van der Waals surface area (Å²) < 4.78 is 0. The molecule has 0 heterocycles. The van der Waals surface area contributed by atoms with Crippen LogP contribution in [0.15, 0.2) is 36.4 Å². The van der Waals surface area contributed by atoms with Gasteiger partial charge in [-0.25, -0.2) is 0 Å². The van der Waals surface area contributed by atoms with Gasteiger partial charge in [0, 0.05) is 0 Å². The molecule has 19 heavy (non-hydrogen) atoms. The van der Waals surface area contributed by atoms with Crippen LogP contribution in [0, 0.1) is 6.92 Å². The predicted molar refractivity (Wildman–Crippen MR) is 73.7 cm³/mol. The smallest absolute Gasteiger partial charge is 0.119 e. The second-order valence-electron chi connectivity index (χ2n) is 4.14. The molecule has 0 amide bonds. The van der Waals surface area contributed by atoms with Crippen LogP contribution in [0.2, 0.25) is 0 Å². The Bertz CT molecular complexity index is 550. The van der Waals surface area contributed by atoms with Crippen LogP contribution in [0.5, 0.6) is 23.0 Å². The van der Waals surface area contributed by atoms with Crippen molar-refractivity contribution in [3.05, 3.63) is 47.5 Å². The van der Waals surface area contributed by atoms with Crippen molar-refractivity contribution in [3.63, 3.8) is 0 Å². The topological polar surface area (TPSA) is 80.9 Å². The molecular weight excluding hydrogens is 244 g/mol. The minimum absolute atomic E-state index is 0.185. The minimum atomic E-state index is 0.185. The van der Waals surface area contributed by atoms with Gasteiger partial charge in [-0.15, -0.1) is 0 Å². The van der Waals surface area contributed by atoms with E-state index in [1.54, 1.807) is 13.0 Å². The average molecular weight is 262 g/mol. The first-order valence-corrected chi connectivity index (χ1v) is 5.93. The molecule has 2 aromatic rings. The maximum absolute atomic E-state index is 9.12. The summed E-state index contributed by atoms with van der Waals surface area (Å²) in [6.07, 6.45) is 0.736. The van der Waals surface area contributed by atoms with E-state index in [0.29, 0.717) is 5.56 Å². The van der Waals surface area contributed by atoms with Crippen LogP contribution < -0.4 is 0 Å². The van der Waals surface area contributed by atoms with Gasteiger partial charge in [0.25, 0.3) is 0 Å². The van der Waals surface area contributed by atoms with E-state index in [2.05, 4.69) is 0 Å². The Morgan fingerprint density at radius 3 is 1.74 bits per heavy atom. The molecule has 2 aromatic carbocycles. The van der Waals surface area contributed by atoms with Gasteiger partial charge < -0.3 is 20.4 Å². The molecule has 0 aliphatic rings. The van der Waals surface area contributed by atoms with Crippen molar-refractivity contribution >= 4 is 0 Å². The highest BCUT2D eigenvalue weighted by atomic mass is 16.3. The van der Waals surface area contributed by atoms with Crippen LogP contribution in [0.3, 0.4) is 0 Å². The van der Waals surface area contributed by atoms with Crippen molar-refractivity contribution in [2.75, 3.05) is 0 Å². The van der Waals surface area contributed by atoms with Crippen LogP contribution in [0.4, 0.5) is 0 Å². The Morgan fingerprint density at radius 2 is 1.32 bits per heavy atom. The molecule has 0 saturated carbocycles. The van der Waals surface area contributed by atoms with Crippen molar-refractivity contribution < 1.29 is 20.4 Å². The van der Waals surface area contributed by atoms with E-state index < -0.39 is 0 Å². The quantitative estimate of drug-likeness (QED) is 0.595. The summed E-state index contributed by atoms with van der Waals surface area (Å²) in [7, 11) is 0. The van der Waals surface area contributed by atoms with E-state index in [1.807, 2.05) is 6.92 Å². The molecule has 2 rings (SSSR count). The molecule has 0 atom stereocenters. The number of phenols is 4. The lowest BCUT2D eigenvalue weighted by molar-refractivity contribution is 0.455. The van der Waals surface area contributed by atoms with Crippen LogP contribution >= 0.6 is 0 Å². The van der Waals surface area contributed by atoms with E-state index in [1.165, 1.54) is 30.3 Å². The Morgan fingerprint density at radius 1 is 0.789 bits per heavy atom. The first kappa shape index (κ1) is 14.7. The molecule has 4 N–H and O–H groups in total. The van der Waals surface area contributed by atoms with Crippen LogP contribution in [-0.4, -0.2) is 20.4 Å². The molecule has 4 heteroatoms. The third kappa shape index (κ3) is 4.43. The largest absolute Gasteiger partial charge is 0.508 e. The van der Waals surface area contributed by atoms with Crippen molar-refractivity contribution in [2.24, 2.45) is 0 Å². The highest BCUT2D eigenvalue weighted by Gasteiger charge is 1.97. The molecule has 0 unspecified atom stereocenters. The Balaban J connectivity index is 0.000000191.